The number of nitrogens with one attached hydrogen (secondary N) is 1. The lowest BCUT2D eigenvalue weighted by Gasteiger charge is -2.12. The number of anilines is 2. The van der Waals surface area contributed by atoms with Gasteiger partial charge in [-0.1, -0.05) is 24.3 Å². The summed E-state index contributed by atoms with van der Waals surface area (Å²) >= 11 is 0. The van der Waals surface area contributed by atoms with Crippen LogP contribution in [0.25, 0.3) is 33.2 Å². The molecule has 0 bridgehead atoms. The van der Waals surface area contributed by atoms with E-state index in [2.05, 4.69) is 20.2 Å². The highest BCUT2D eigenvalue weighted by Gasteiger charge is 2.20. The fourth-order valence-corrected chi connectivity index (χ4v) is 4.46. The van der Waals surface area contributed by atoms with E-state index < -0.39 is 11.9 Å². The van der Waals surface area contributed by atoms with Gasteiger partial charge in [-0.05, 0) is 38.4 Å². The van der Waals surface area contributed by atoms with Crippen LogP contribution in [0, 0.1) is 0 Å². The Morgan fingerprint density at radius 1 is 1.05 bits per heavy atom. The van der Waals surface area contributed by atoms with Crippen LogP contribution in [-0.4, -0.2) is 85.0 Å². The number of ether oxygens (including phenoxy) is 1. The predicted molar refractivity (Wildman–Crippen MR) is 166 cm³/mol. The number of fused-ring (bicyclic) bond motifs is 2. The summed E-state index contributed by atoms with van der Waals surface area (Å²) in [5, 5.41) is 25.1. The minimum atomic E-state index is -1.26. The molecule has 5 N–H and O–H groups in total. The molecule has 0 spiro atoms. The van der Waals surface area contributed by atoms with Gasteiger partial charge in [0.25, 0.3) is 5.91 Å². The van der Waals surface area contributed by atoms with Crippen molar-refractivity contribution in [3.05, 3.63) is 72.7 Å². The molecule has 0 atom stereocenters. The van der Waals surface area contributed by atoms with Gasteiger partial charge in [-0.15, -0.1) is 0 Å². The molecule has 3 aromatic heterocycles. The largest absolute Gasteiger partial charge is 0.495 e. The first-order chi connectivity index (χ1) is 21.0. The zero-order chi connectivity index (χ0) is 32.0. The average Bonchev–Trinajstić information content (AvgIpc) is 3.54. The van der Waals surface area contributed by atoms with Gasteiger partial charge in [-0.3, -0.25) is 4.79 Å². The van der Waals surface area contributed by atoms with Gasteiger partial charge in [0.1, 0.15) is 29.3 Å². The standard InChI is InChI=1S/C26H28N8O2.C4H4O4/c1-32(2)11-12-34-25-22(24(27)28-15-29-25)23(31-34)17-9-10-18(21(14-17)36-4)30-26(35)20-13-16-7-5-6-8-19(16)33(20)3;5-3(6)1-2-4(7)8/h5-10,13-15H,11-12H2,1-4H3,(H,30,35)(H2,27,28,29);1-2H,(H,5,6)(H,7,8)/b;2-1-. The summed E-state index contributed by atoms with van der Waals surface area (Å²) in [5.41, 5.74) is 10.4. The highest BCUT2D eigenvalue weighted by Crippen LogP contribution is 2.35. The van der Waals surface area contributed by atoms with Gasteiger partial charge in [0, 0.05) is 42.2 Å². The number of carboxylic acids is 2. The smallest absolute Gasteiger partial charge is 0.328 e. The van der Waals surface area contributed by atoms with E-state index in [1.54, 1.807) is 13.2 Å². The van der Waals surface area contributed by atoms with E-state index in [-0.39, 0.29) is 5.91 Å². The first-order valence-corrected chi connectivity index (χ1v) is 13.3. The van der Waals surface area contributed by atoms with Gasteiger partial charge >= 0.3 is 11.9 Å². The molecule has 14 heteroatoms. The summed E-state index contributed by atoms with van der Waals surface area (Å²) in [6.45, 7) is 1.44. The van der Waals surface area contributed by atoms with Crippen LogP contribution < -0.4 is 15.8 Å². The number of hydrogen-bond donors (Lipinski definition) is 4. The first-order valence-electron chi connectivity index (χ1n) is 13.3. The Labute approximate surface area is 252 Å². The number of likely N-dealkylation sites (N-methyl/N-ethyl adjacent to an activating group) is 1. The molecule has 3 heterocycles. The average molecular weight is 601 g/mol. The van der Waals surface area contributed by atoms with Gasteiger partial charge in [-0.2, -0.15) is 5.10 Å². The first kappa shape index (κ1) is 31.2. The van der Waals surface area contributed by atoms with Crippen LogP contribution in [0.2, 0.25) is 0 Å². The van der Waals surface area contributed by atoms with Crippen molar-refractivity contribution >= 4 is 51.3 Å². The second kappa shape index (κ2) is 13.5. The number of aryl methyl sites for hydroxylation is 1. The summed E-state index contributed by atoms with van der Waals surface area (Å²) in [5.74, 6) is -1.88. The Balaban J connectivity index is 0.000000488. The second-order valence-electron chi connectivity index (χ2n) is 9.86. The number of methoxy groups -OCH3 is 1. The summed E-state index contributed by atoms with van der Waals surface area (Å²) in [6.07, 6.45) is 2.56. The molecule has 14 nitrogen and oxygen atoms in total. The molecule has 5 aromatic rings. The third-order valence-electron chi connectivity index (χ3n) is 6.59. The molecule has 0 fully saturated rings. The van der Waals surface area contributed by atoms with E-state index in [1.807, 2.05) is 72.9 Å². The SMILES string of the molecule is COc1cc(-c2nn(CCN(C)C)c3ncnc(N)c23)ccc1NC(=O)c1cc2ccccc2n1C.O=C(O)/C=C\C(=O)O. The van der Waals surface area contributed by atoms with Crippen LogP contribution in [0.15, 0.2) is 67.0 Å². The normalized spacial score (nSPS) is 11.1. The van der Waals surface area contributed by atoms with Gasteiger partial charge in [-0.25, -0.2) is 24.2 Å². The number of benzene rings is 2. The highest BCUT2D eigenvalue weighted by molar-refractivity contribution is 6.07. The lowest BCUT2D eigenvalue weighted by molar-refractivity contribution is -0.134. The molecule has 0 saturated heterocycles. The second-order valence-corrected chi connectivity index (χ2v) is 9.86. The van der Waals surface area contributed by atoms with Crippen molar-refractivity contribution in [2.24, 2.45) is 7.05 Å². The van der Waals surface area contributed by atoms with Crippen LogP contribution in [0.5, 0.6) is 5.75 Å². The third kappa shape index (κ3) is 6.99. The fraction of sp³-hybridized carbons (Fsp3) is 0.200. The maximum absolute atomic E-state index is 13.1. The number of para-hydroxylation sites is 1. The highest BCUT2D eigenvalue weighted by atomic mass is 16.5. The van der Waals surface area contributed by atoms with E-state index in [0.29, 0.717) is 58.4 Å². The number of carboxylic acid groups (broad SMARTS) is 2. The topological polar surface area (TPSA) is 191 Å². The molecule has 0 unspecified atom stereocenters. The minimum Gasteiger partial charge on any atom is -0.495 e. The monoisotopic (exact) mass is 600 g/mol. The van der Waals surface area contributed by atoms with Crippen LogP contribution in [0.1, 0.15) is 10.5 Å². The molecule has 44 heavy (non-hydrogen) atoms. The molecule has 0 saturated carbocycles. The summed E-state index contributed by atoms with van der Waals surface area (Å²) < 4.78 is 9.35. The van der Waals surface area contributed by atoms with Crippen molar-refractivity contribution in [2.45, 2.75) is 6.54 Å². The number of nitrogens with zero attached hydrogens (tertiary/aromatic N) is 6. The Hall–Kier alpha value is -5.76. The number of carbonyl (C=O) groups is 3. The van der Waals surface area contributed by atoms with Gasteiger partial charge in [0.05, 0.1) is 24.7 Å². The molecule has 1 amide bonds. The molecule has 228 valence electrons. The van der Waals surface area contributed by atoms with Crippen molar-refractivity contribution in [1.82, 2.24) is 29.2 Å². The molecule has 0 aliphatic carbocycles. The number of amides is 1. The van der Waals surface area contributed by atoms with Crippen LogP contribution >= 0.6 is 0 Å². The van der Waals surface area contributed by atoms with Crippen molar-refractivity contribution in [1.29, 1.82) is 0 Å². The Morgan fingerprint density at radius 3 is 2.39 bits per heavy atom. The van der Waals surface area contributed by atoms with Gasteiger partial charge in [0.2, 0.25) is 0 Å². The van der Waals surface area contributed by atoms with Crippen molar-refractivity contribution in [3.8, 4) is 17.0 Å². The maximum Gasteiger partial charge on any atom is 0.328 e. The van der Waals surface area contributed by atoms with E-state index in [9.17, 15) is 14.4 Å². The number of hydrogen-bond acceptors (Lipinski definition) is 9. The molecule has 2 aromatic carbocycles. The van der Waals surface area contributed by atoms with Gasteiger partial charge < -0.3 is 35.5 Å². The maximum atomic E-state index is 13.1. The lowest BCUT2D eigenvalue weighted by Crippen LogP contribution is -2.19. The number of rotatable bonds is 9. The molecule has 0 aliphatic rings. The molecular weight excluding hydrogens is 568 g/mol. The summed E-state index contributed by atoms with van der Waals surface area (Å²) in [6, 6.07) is 15.3. The van der Waals surface area contributed by atoms with Crippen LogP contribution in [0.3, 0.4) is 0 Å². The zero-order valence-electron chi connectivity index (χ0n) is 24.6. The molecule has 0 radical (unpaired) electrons. The molecule has 5 rings (SSSR count). The lowest BCUT2D eigenvalue weighted by atomic mass is 10.1. The molecular formula is C30H32N8O6. The Kier molecular flexibility index (Phi) is 9.55. The van der Waals surface area contributed by atoms with E-state index in [1.165, 1.54) is 6.33 Å². The zero-order valence-corrected chi connectivity index (χ0v) is 24.6. The van der Waals surface area contributed by atoms with Crippen molar-refractivity contribution < 1.29 is 29.3 Å². The number of carbonyl (C=O) groups excluding carboxylic acids is 1. The Bertz CT molecular complexity index is 1860. The van der Waals surface area contributed by atoms with Crippen LogP contribution in [0.4, 0.5) is 11.5 Å². The van der Waals surface area contributed by atoms with E-state index in [4.69, 9.17) is 25.8 Å². The number of aromatic nitrogens is 5. The Morgan fingerprint density at radius 2 is 1.75 bits per heavy atom. The summed E-state index contributed by atoms with van der Waals surface area (Å²) in [4.78, 5) is 42.9. The third-order valence-corrected chi connectivity index (χ3v) is 6.59. The summed E-state index contributed by atoms with van der Waals surface area (Å²) in [7, 11) is 7.45. The van der Waals surface area contributed by atoms with Crippen molar-refractivity contribution in [3.63, 3.8) is 0 Å². The van der Waals surface area contributed by atoms with E-state index >= 15 is 0 Å². The fourth-order valence-electron chi connectivity index (χ4n) is 4.46. The predicted octanol–water partition coefficient (Wildman–Crippen LogP) is 3.10. The molecule has 0 aliphatic heterocycles. The number of aliphatic carboxylic acids is 2. The van der Waals surface area contributed by atoms with Crippen LogP contribution in [-0.2, 0) is 23.2 Å². The van der Waals surface area contributed by atoms with Crippen molar-refractivity contribution in [2.75, 3.05) is 38.8 Å². The van der Waals surface area contributed by atoms with Gasteiger partial charge in [0.15, 0.2) is 5.65 Å². The van der Waals surface area contributed by atoms with E-state index in [0.717, 1.165) is 23.0 Å². The number of nitrogen functional groups attached to an aromatic ring is 1. The number of nitrogens with two attached hydrogens (primary N) is 1. The minimum absolute atomic E-state index is 0.226. The quantitative estimate of drug-likeness (QED) is 0.182.